The van der Waals surface area contributed by atoms with Crippen LogP contribution in [-0.2, 0) is 9.53 Å². The molecule has 0 heterocycles. The number of hydrogen-bond donors (Lipinski definition) is 2. The Bertz CT molecular complexity index is 454. The summed E-state index contributed by atoms with van der Waals surface area (Å²) in [6, 6.07) is 4.73. The SMILES string of the molecule is CCOC(=O)CNC(=O)Nc1cc(I)ccc1Cl. The van der Waals surface area contributed by atoms with Crippen LogP contribution in [-0.4, -0.2) is 25.2 Å². The molecule has 18 heavy (non-hydrogen) atoms. The predicted molar refractivity (Wildman–Crippen MR) is 77.8 cm³/mol. The van der Waals surface area contributed by atoms with E-state index in [1.165, 1.54) is 0 Å². The summed E-state index contributed by atoms with van der Waals surface area (Å²) in [6.07, 6.45) is 0. The Kier molecular flexibility index (Phi) is 6.20. The molecule has 1 aromatic carbocycles. The lowest BCUT2D eigenvalue weighted by atomic mass is 10.3. The van der Waals surface area contributed by atoms with Gasteiger partial charge in [-0.15, -0.1) is 0 Å². The monoisotopic (exact) mass is 382 g/mol. The zero-order valence-electron chi connectivity index (χ0n) is 9.63. The molecule has 0 aliphatic rings. The normalized spacial score (nSPS) is 9.72. The quantitative estimate of drug-likeness (QED) is 0.621. The Labute approximate surface area is 123 Å². The number of urea groups is 1. The third kappa shape index (κ3) is 5.09. The Hall–Kier alpha value is -1.02. The number of anilines is 1. The van der Waals surface area contributed by atoms with E-state index >= 15 is 0 Å². The van der Waals surface area contributed by atoms with Gasteiger partial charge < -0.3 is 15.4 Å². The first-order valence-corrected chi connectivity index (χ1v) is 6.64. The van der Waals surface area contributed by atoms with Gasteiger partial charge in [0.2, 0.25) is 0 Å². The summed E-state index contributed by atoms with van der Waals surface area (Å²) in [6.45, 7) is 1.80. The zero-order valence-corrected chi connectivity index (χ0v) is 12.5. The van der Waals surface area contributed by atoms with E-state index in [9.17, 15) is 9.59 Å². The third-order valence-electron chi connectivity index (χ3n) is 1.88. The van der Waals surface area contributed by atoms with Crippen LogP contribution in [0.15, 0.2) is 18.2 Å². The Morgan fingerprint density at radius 3 is 2.83 bits per heavy atom. The number of halogens is 2. The number of benzene rings is 1. The van der Waals surface area contributed by atoms with Crippen molar-refractivity contribution >= 4 is 51.9 Å². The van der Waals surface area contributed by atoms with Gasteiger partial charge in [0.1, 0.15) is 6.54 Å². The minimum Gasteiger partial charge on any atom is -0.465 e. The van der Waals surface area contributed by atoms with Crippen LogP contribution in [0.25, 0.3) is 0 Å². The highest BCUT2D eigenvalue weighted by atomic mass is 127. The van der Waals surface area contributed by atoms with Gasteiger partial charge in [0.15, 0.2) is 0 Å². The summed E-state index contributed by atoms with van der Waals surface area (Å²) in [4.78, 5) is 22.5. The first kappa shape index (κ1) is 15.0. The number of rotatable bonds is 4. The van der Waals surface area contributed by atoms with Crippen LogP contribution in [0.3, 0.4) is 0 Å². The largest absolute Gasteiger partial charge is 0.465 e. The van der Waals surface area contributed by atoms with E-state index < -0.39 is 12.0 Å². The number of amides is 2. The summed E-state index contributed by atoms with van der Waals surface area (Å²) in [7, 11) is 0. The Morgan fingerprint density at radius 2 is 2.17 bits per heavy atom. The molecule has 1 rings (SSSR count). The lowest BCUT2D eigenvalue weighted by molar-refractivity contribution is -0.141. The molecular formula is C11H12ClIN2O3. The molecule has 0 fully saturated rings. The molecule has 0 aromatic heterocycles. The molecule has 0 aliphatic carbocycles. The molecule has 2 N–H and O–H groups in total. The number of carbonyl (C=O) groups excluding carboxylic acids is 2. The minimum atomic E-state index is -0.507. The first-order valence-electron chi connectivity index (χ1n) is 5.18. The number of nitrogens with one attached hydrogen (secondary N) is 2. The lowest BCUT2D eigenvalue weighted by Gasteiger charge is -2.09. The standard InChI is InChI=1S/C11H12ClIN2O3/c1-2-18-10(16)6-14-11(17)15-9-5-7(13)3-4-8(9)12/h3-5H,2,6H2,1H3,(H2,14,15,17). The summed E-state index contributed by atoms with van der Waals surface area (Å²) in [5.74, 6) is -0.485. The van der Waals surface area contributed by atoms with Crippen LogP contribution in [0.5, 0.6) is 0 Å². The molecule has 0 bridgehead atoms. The van der Waals surface area contributed by atoms with Crippen molar-refractivity contribution in [3.8, 4) is 0 Å². The number of carbonyl (C=O) groups is 2. The summed E-state index contributed by atoms with van der Waals surface area (Å²) < 4.78 is 5.62. The molecule has 0 spiro atoms. The van der Waals surface area contributed by atoms with Crippen molar-refractivity contribution in [2.75, 3.05) is 18.5 Å². The third-order valence-corrected chi connectivity index (χ3v) is 2.88. The van der Waals surface area contributed by atoms with Gasteiger partial charge in [-0.25, -0.2) is 4.79 Å². The van der Waals surface area contributed by atoms with Crippen molar-refractivity contribution in [3.05, 3.63) is 26.8 Å². The second-order valence-electron chi connectivity index (χ2n) is 3.24. The highest BCUT2D eigenvalue weighted by molar-refractivity contribution is 14.1. The van der Waals surface area contributed by atoms with Crippen molar-refractivity contribution in [1.82, 2.24) is 5.32 Å². The van der Waals surface area contributed by atoms with Crippen LogP contribution in [0.4, 0.5) is 10.5 Å². The van der Waals surface area contributed by atoms with E-state index in [2.05, 4.69) is 38.0 Å². The van der Waals surface area contributed by atoms with E-state index in [1.807, 2.05) is 6.07 Å². The van der Waals surface area contributed by atoms with Gasteiger partial charge in [0, 0.05) is 3.57 Å². The molecule has 7 heteroatoms. The highest BCUT2D eigenvalue weighted by Gasteiger charge is 2.08. The Balaban J connectivity index is 2.49. The molecule has 0 radical (unpaired) electrons. The maximum atomic E-state index is 11.5. The highest BCUT2D eigenvalue weighted by Crippen LogP contribution is 2.23. The molecule has 0 unspecified atom stereocenters. The molecule has 0 saturated heterocycles. The second kappa shape index (κ2) is 7.42. The van der Waals surface area contributed by atoms with E-state index in [0.717, 1.165) is 3.57 Å². The maximum absolute atomic E-state index is 11.5. The summed E-state index contributed by atoms with van der Waals surface area (Å²) >= 11 is 8.02. The number of ether oxygens (including phenoxy) is 1. The van der Waals surface area contributed by atoms with Crippen LogP contribution in [0.1, 0.15) is 6.92 Å². The second-order valence-corrected chi connectivity index (χ2v) is 4.89. The Morgan fingerprint density at radius 1 is 1.44 bits per heavy atom. The van der Waals surface area contributed by atoms with E-state index in [-0.39, 0.29) is 13.2 Å². The van der Waals surface area contributed by atoms with E-state index in [0.29, 0.717) is 10.7 Å². The van der Waals surface area contributed by atoms with Gasteiger partial charge >= 0.3 is 12.0 Å². The van der Waals surface area contributed by atoms with Crippen LogP contribution in [0, 0.1) is 3.57 Å². The summed E-state index contributed by atoms with van der Waals surface area (Å²) in [5, 5.41) is 5.36. The topological polar surface area (TPSA) is 67.4 Å². The van der Waals surface area contributed by atoms with Gasteiger partial charge in [0.25, 0.3) is 0 Å². The maximum Gasteiger partial charge on any atom is 0.325 e. The fourth-order valence-electron chi connectivity index (χ4n) is 1.12. The van der Waals surface area contributed by atoms with Crippen molar-refractivity contribution in [1.29, 1.82) is 0 Å². The fourth-order valence-corrected chi connectivity index (χ4v) is 1.78. The van der Waals surface area contributed by atoms with Crippen LogP contribution >= 0.6 is 34.2 Å². The van der Waals surface area contributed by atoms with Crippen LogP contribution < -0.4 is 10.6 Å². The van der Waals surface area contributed by atoms with E-state index in [1.54, 1.807) is 19.1 Å². The fraction of sp³-hybridized carbons (Fsp3) is 0.273. The van der Waals surface area contributed by atoms with Gasteiger partial charge in [-0.3, -0.25) is 4.79 Å². The van der Waals surface area contributed by atoms with E-state index in [4.69, 9.17) is 11.6 Å². The molecule has 0 aliphatic heterocycles. The van der Waals surface area contributed by atoms with Crippen molar-refractivity contribution < 1.29 is 14.3 Å². The molecule has 5 nitrogen and oxygen atoms in total. The average Bonchev–Trinajstić information content (AvgIpc) is 2.32. The number of hydrogen-bond acceptors (Lipinski definition) is 3. The molecule has 0 saturated carbocycles. The minimum absolute atomic E-state index is 0.179. The molecule has 98 valence electrons. The predicted octanol–water partition coefficient (Wildman–Crippen LogP) is 2.63. The van der Waals surface area contributed by atoms with Crippen molar-refractivity contribution in [2.24, 2.45) is 0 Å². The average molecular weight is 383 g/mol. The molecular weight excluding hydrogens is 370 g/mol. The molecule has 1 aromatic rings. The molecule has 0 atom stereocenters. The molecule has 2 amide bonds. The lowest BCUT2D eigenvalue weighted by Crippen LogP contribution is -2.34. The van der Waals surface area contributed by atoms with Gasteiger partial charge in [0.05, 0.1) is 17.3 Å². The van der Waals surface area contributed by atoms with Gasteiger partial charge in [-0.1, -0.05) is 11.6 Å². The van der Waals surface area contributed by atoms with Gasteiger partial charge in [-0.05, 0) is 47.7 Å². The summed E-state index contributed by atoms with van der Waals surface area (Å²) in [5.41, 5.74) is 0.491. The van der Waals surface area contributed by atoms with Crippen LogP contribution in [0.2, 0.25) is 5.02 Å². The van der Waals surface area contributed by atoms with Crippen molar-refractivity contribution in [2.45, 2.75) is 6.92 Å². The van der Waals surface area contributed by atoms with Crippen molar-refractivity contribution in [3.63, 3.8) is 0 Å². The zero-order chi connectivity index (χ0) is 13.5. The smallest absolute Gasteiger partial charge is 0.325 e. The van der Waals surface area contributed by atoms with Gasteiger partial charge in [-0.2, -0.15) is 0 Å². The number of esters is 1. The first-order chi connectivity index (χ1) is 8.52.